The van der Waals surface area contributed by atoms with Crippen LogP contribution in [0.25, 0.3) is 0 Å². The summed E-state index contributed by atoms with van der Waals surface area (Å²) in [5.74, 6) is -0.326. The van der Waals surface area contributed by atoms with Gasteiger partial charge in [-0.2, -0.15) is 0 Å². The van der Waals surface area contributed by atoms with Crippen molar-refractivity contribution >= 4 is 17.3 Å². The summed E-state index contributed by atoms with van der Waals surface area (Å²) in [6, 6.07) is 5.47. The molecule has 5 heteroatoms. The summed E-state index contributed by atoms with van der Waals surface area (Å²) in [5.41, 5.74) is 7.79. The van der Waals surface area contributed by atoms with E-state index in [2.05, 4.69) is 19.2 Å². The van der Waals surface area contributed by atoms with Crippen LogP contribution in [0.5, 0.6) is 0 Å². The van der Waals surface area contributed by atoms with Crippen LogP contribution < -0.4 is 11.1 Å². The Bertz CT molecular complexity index is 514. The molecule has 1 aliphatic rings. The molecule has 0 aromatic heterocycles. The molecular weight excluding hydrogens is 268 g/mol. The number of carbonyl (C=O) groups excluding carboxylic acids is 1. The van der Waals surface area contributed by atoms with Gasteiger partial charge in [0.1, 0.15) is 0 Å². The van der Waals surface area contributed by atoms with Crippen LogP contribution in [-0.4, -0.2) is 30.8 Å². The number of ether oxygens (including phenoxy) is 2. The van der Waals surface area contributed by atoms with E-state index in [0.29, 0.717) is 17.9 Å². The van der Waals surface area contributed by atoms with Gasteiger partial charge in [-0.25, -0.2) is 4.79 Å². The highest BCUT2D eigenvalue weighted by molar-refractivity contribution is 5.92. The van der Waals surface area contributed by atoms with E-state index in [4.69, 9.17) is 15.2 Å². The summed E-state index contributed by atoms with van der Waals surface area (Å²) < 4.78 is 10.7. The summed E-state index contributed by atoms with van der Waals surface area (Å²) in [4.78, 5) is 11.8. The van der Waals surface area contributed by atoms with Gasteiger partial charge < -0.3 is 20.5 Å². The van der Waals surface area contributed by atoms with Gasteiger partial charge in [-0.1, -0.05) is 0 Å². The molecule has 1 saturated heterocycles. The first-order valence-corrected chi connectivity index (χ1v) is 7.38. The minimum Gasteiger partial charge on any atom is -0.462 e. The number of benzene rings is 1. The molecule has 1 fully saturated rings. The Morgan fingerprint density at radius 2 is 2.29 bits per heavy atom. The molecule has 1 atom stereocenters. The number of rotatable bonds is 4. The van der Waals surface area contributed by atoms with E-state index < -0.39 is 0 Å². The maximum atomic E-state index is 11.8. The van der Waals surface area contributed by atoms with Crippen molar-refractivity contribution in [1.82, 2.24) is 0 Å². The van der Waals surface area contributed by atoms with Crippen molar-refractivity contribution in [3.63, 3.8) is 0 Å². The van der Waals surface area contributed by atoms with Crippen molar-refractivity contribution in [2.45, 2.75) is 45.3 Å². The van der Waals surface area contributed by atoms with Gasteiger partial charge in [0.25, 0.3) is 0 Å². The zero-order valence-corrected chi connectivity index (χ0v) is 12.9. The summed E-state index contributed by atoms with van der Waals surface area (Å²) in [6.45, 7) is 7.04. The third-order valence-corrected chi connectivity index (χ3v) is 3.62. The smallest absolute Gasteiger partial charge is 0.338 e. The lowest BCUT2D eigenvalue weighted by atomic mass is 9.93. The lowest BCUT2D eigenvalue weighted by Gasteiger charge is -2.36. The Kier molecular flexibility index (Phi) is 4.73. The maximum Gasteiger partial charge on any atom is 0.338 e. The molecule has 1 unspecified atom stereocenters. The number of carbonyl (C=O) groups is 1. The normalized spacial score (nSPS) is 20.8. The predicted molar refractivity (Wildman–Crippen MR) is 83.5 cm³/mol. The van der Waals surface area contributed by atoms with E-state index in [0.717, 1.165) is 25.1 Å². The maximum absolute atomic E-state index is 11.8. The van der Waals surface area contributed by atoms with E-state index in [9.17, 15) is 4.79 Å². The summed E-state index contributed by atoms with van der Waals surface area (Å²) in [5, 5.41) is 3.43. The van der Waals surface area contributed by atoms with Crippen molar-refractivity contribution in [2.75, 3.05) is 24.3 Å². The summed E-state index contributed by atoms with van der Waals surface area (Å²) in [7, 11) is 0. The molecule has 0 bridgehead atoms. The number of hydrogen-bond acceptors (Lipinski definition) is 5. The van der Waals surface area contributed by atoms with Crippen LogP contribution in [0, 0.1) is 0 Å². The van der Waals surface area contributed by atoms with Crippen molar-refractivity contribution in [2.24, 2.45) is 0 Å². The van der Waals surface area contributed by atoms with Crippen LogP contribution in [0.4, 0.5) is 11.4 Å². The largest absolute Gasteiger partial charge is 0.462 e. The summed E-state index contributed by atoms with van der Waals surface area (Å²) >= 11 is 0. The van der Waals surface area contributed by atoms with Crippen LogP contribution in [-0.2, 0) is 9.47 Å². The molecule has 0 spiro atoms. The number of anilines is 2. The molecule has 0 saturated carbocycles. The van der Waals surface area contributed by atoms with Gasteiger partial charge >= 0.3 is 5.97 Å². The van der Waals surface area contributed by atoms with Gasteiger partial charge in [0, 0.05) is 12.6 Å². The van der Waals surface area contributed by atoms with Crippen molar-refractivity contribution < 1.29 is 14.3 Å². The lowest BCUT2D eigenvalue weighted by molar-refractivity contribution is -0.0553. The molecule has 21 heavy (non-hydrogen) atoms. The molecule has 0 amide bonds. The molecule has 1 aromatic rings. The van der Waals surface area contributed by atoms with Crippen molar-refractivity contribution in [3.05, 3.63) is 23.8 Å². The SMILES string of the molecule is CCOC(=O)c1ccc(N)c(NC2CCOC(C)(C)C2)c1. The predicted octanol–water partition coefficient (Wildman–Crippen LogP) is 2.82. The van der Waals surface area contributed by atoms with Crippen LogP contribution in [0.3, 0.4) is 0 Å². The molecule has 1 aliphatic heterocycles. The number of esters is 1. The Labute approximate surface area is 125 Å². The molecule has 116 valence electrons. The third kappa shape index (κ3) is 4.11. The minimum atomic E-state index is -0.326. The van der Waals surface area contributed by atoms with E-state index in [1.165, 1.54) is 0 Å². The number of nitrogens with one attached hydrogen (secondary N) is 1. The molecule has 0 aliphatic carbocycles. The first-order valence-electron chi connectivity index (χ1n) is 7.38. The average Bonchev–Trinajstić information content (AvgIpc) is 2.40. The van der Waals surface area contributed by atoms with Crippen LogP contribution >= 0.6 is 0 Å². The second kappa shape index (κ2) is 6.35. The highest BCUT2D eigenvalue weighted by atomic mass is 16.5. The fourth-order valence-electron chi connectivity index (χ4n) is 2.60. The minimum absolute atomic E-state index is 0.135. The fourth-order valence-corrected chi connectivity index (χ4v) is 2.60. The number of hydrogen-bond donors (Lipinski definition) is 2. The van der Waals surface area contributed by atoms with Gasteiger partial charge in [0.05, 0.1) is 29.1 Å². The van der Waals surface area contributed by atoms with E-state index >= 15 is 0 Å². The Morgan fingerprint density at radius 1 is 1.52 bits per heavy atom. The number of nitrogens with two attached hydrogens (primary N) is 1. The van der Waals surface area contributed by atoms with E-state index in [1.54, 1.807) is 25.1 Å². The zero-order chi connectivity index (χ0) is 15.5. The molecule has 0 radical (unpaired) electrons. The monoisotopic (exact) mass is 292 g/mol. The molecule has 1 heterocycles. The second-order valence-electron chi connectivity index (χ2n) is 5.96. The van der Waals surface area contributed by atoms with Crippen molar-refractivity contribution in [1.29, 1.82) is 0 Å². The van der Waals surface area contributed by atoms with Gasteiger partial charge in [-0.05, 0) is 51.8 Å². The molecule has 2 rings (SSSR count). The number of nitrogen functional groups attached to an aromatic ring is 1. The van der Waals surface area contributed by atoms with Gasteiger partial charge in [-0.15, -0.1) is 0 Å². The van der Waals surface area contributed by atoms with Crippen LogP contribution in [0.15, 0.2) is 18.2 Å². The summed E-state index contributed by atoms with van der Waals surface area (Å²) in [6.07, 6.45) is 1.82. The molecular formula is C16H24N2O3. The lowest BCUT2D eigenvalue weighted by Crippen LogP contribution is -2.40. The highest BCUT2D eigenvalue weighted by Gasteiger charge is 2.29. The van der Waals surface area contributed by atoms with Crippen LogP contribution in [0.2, 0.25) is 0 Å². The fraction of sp³-hybridized carbons (Fsp3) is 0.562. The second-order valence-corrected chi connectivity index (χ2v) is 5.96. The average molecular weight is 292 g/mol. The van der Waals surface area contributed by atoms with Crippen molar-refractivity contribution in [3.8, 4) is 0 Å². The van der Waals surface area contributed by atoms with Gasteiger partial charge in [-0.3, -0.25) is 0 Å². The van der Waals surface area contributed by atoms with Crippen LogP contribution in [0.1, 0.15) is 44.0 Å². The third-order valence-electron chi connectivity index (χ3n) is 3.62. The molecule has 5 nitrogen and oxygen atoms in total. The zero-order valence-electron chi connectivity index (χ0n) is 12.9. The first-order chi connectivity index (χ1) is 9.91. The molecule has 1 aromatic carbocycles. The standard InChI is InChI=1S/C16H24N2O3/c1-4-20-15(19)11-5-6-13(17)14(9-11)18-12-7-8-21-16(2,3)10-12/h5-6,9,12,18H,4,7-8,10,17H2,1-3H3. The van der Waals surface area contributed by atoms with E-state index in [1.807, 2.05) is 0 Å². The topological polar surface area (TPSA) is 73.6 Å². The Balaban J connectivity index is 2.12. The quantitative estimate of drug-likeness (QED) is 0.659. The van der Waals surface area contributed by atoms with Gasteiger partial charge in [0.2, 0.25) is 0 Å². The molecule has 3 N–H and O–H groups in total. The first kappa shape index (κ1) is 15.6. The van der Waals surface area contributed by atoms with Gasteiger partial charge in [0.15, 0.2) is 0 Å². The highest BCUT2D eigenvalue weighted by Crippen LogP contribution is 2.29. The van der Waals surface area contributed by atoms with E-state index in [-0.39, 0.29) is 17.6 Å². The Hall–Kier alpha value is -1.75. The Morgan fingerprint density at radius 3 is 2.95 bits per heavy atom.